The second kappa shape index (κ2) is 6.30. The van der Waals surface area contributed by atoms with Gasteiger partial charge in [-0.1, -0.05) is 31.4 Å². The van der Waals surface area contributed by atoms with Crippen LogP contribution >= 0.6 is 0 Å². The molecule has 0 atom stereocenters. The molecule has 0 unspecified atom stereocenters. The number of fused-ring (bicyclic) bond motifs is 3. The Morgan fingerprint density at radius 3 is 2.65 bits per heavy atom. The number of hydrogen-bond donors (Lipinski definition) is 0. The monoisotopic (exact) mass is 355 g/mol. The number of allylic oxidation sites excluding steroid dienone is 2. The smallest absolute Gasteiger partial charge is 0.311 e. The molecule has 7 heteroatoms. The number of aryl methyl sites for hydroxylation is 2. The van der Waals surface area contributed by atoms with Gasteiger partial charge in [0.15, 0.2) is 11.2 Å². The average Bonchev–Trinajstić information content (AvgIpc) is 3.15. The van der Waals surface area contributed by atoms with Crippen molar-refractivity contribution in [1.82, 2.24) is 23.1 Å². The third kappa shape index (κ3) is 2.37. The zero-order chi connectivity index (χ0) is 18.4. The van der Waals surface area contributed by atoms with Crippen LogP contribution in [0.4, 0.5) is 0 Å². The predicted molar refractivity (Wildman–Crippen MR) is 102 cm³/mol. The van der Waals surface area contributed by atoms with Crippen molar-refractivity contribution >= 4 is 16.9 Å². The molecule has 3 aromatic rings. The van der Waals surface area contributed by atoms with Crippen molar-refractivity contribution in [3.63, 3.8) is 0 Å². The Kier molecular flexibility index (Phi) is 4.09. The Morgan fingerprint density at radius 2 is 1.96 bits per heavy atom. The van der Waals surface area contributed by atoms with Gasteiger partial charge in [0, 0.05) is 31.5 Å². The summed E-state index contributed by atoms with van der Waals surface area (Å²) in [5.74, 6) is 0.764. The van der Waals surface area contributed by atoms with E-state index in [0.29, 0.717) is 17.2 Å². The molecular weight excluding hydrogens is 330 g/mol. The molecule has 0 spiro atoms. The summed E-state index contributed by atoms with van der Waals surface area (Å²) in [5.41, 5.74) is 1.42. The molecule has 7 nitrogen and oxygen atoms in total. The van der Waals surface area contributed by atoms with Crippen molar-refractivity contribution in [2.75, 3.05) is 0 Å². The van der Waals surface area contributed by atoms with Crippen molar-refractivity contribution in [1.29, 1.82) is 0 Å². The molecule has 0 radical (unpaired) electrons. The van der Waals surface area contributed by atoms with Crippen molar-refractivity contribution < 1.29 is 0 Å². The van der Waals surface area contributed by atoms with Crippen LogP contribution in [0.5, 0.6) is 0 Å². The molecule has 0 amide bonds. The second-order valence-electron chi connectivity index (χ2n) is 7.21. The maximum atomic E-state index is 13.0. The number of rotatable bonds is 3. The van der Waals surface area contributed by atoms with Crippen LogP contribution in [0.25, 0.3) is 16.9 Å². The Bertz CT molecular complexity index is 1120. The molecule has 0 saturated heterocycles. The van der Waals surface area contributed by atoms with Crippen molar-refractivity contribution in [3.8, 4) is 0 Å². The van der Waals surface area contributed by atoms with Gasteiger partial charge in [0.25, 0.3) is 5.56 Å². The number of aromatic nitrogens is 5. The molecule has 26 heavy (non-hydrogen) atoms. The Balaban J connectivity index is 2.03. The number of nitrogens with zero attached hydrogens (tertiary/aromatic N) is 5. The summed E-state index contributed by atoms with van der Waals surface area (Å²) in [6.45, 7) is 4.21. The summed E-state index contributed by atoms with van der Waals surface area (Å²) < 4.78 is 6.87. The van der Waals surface area contributed by atoms with E-state index in [1.165, 1.54) is 28.4 Å². The van der Waals surface area contributed by atoms with Crippen LogP contribution in [0, 0.1) is 6.92 Å². The molecule has 1 saturated carbocycles. The van der Waals surface area contributed by atoms with E-state index >= 15 is 0 Å². The molecule has 1 fully saturated rings. The maximum absolute atomic E-state index is 13.0. The van der Waals surface area contributed by atoms with E-state index in [-0.39, 0.29) is 17.8 Å². The standard InChI is InChI=1S/C19H25N5O2/c1-4-5-11-22-17(25)15-16(21(3)19(22)26)20-18-23(15)12-13(2)24(18)14-9-7-6-8-10-14/h4-5,12,14H,6-11H2,1-3H3. The zero-order valence-electron chi connectivity index (χ0n) is 15.6. The average molecular weight is 355 g/mol. The first-order valence-electron chi connectivity index (χ1n) is 9.35. The van der Waals surface area contributed by atoms with E-state index in [9.17, 15) is 9.59 Å². The first-order chi connectivity index (χ1) is 12.5. The fourth-order valence-corrected chi connectivity index (χ4v) is 4.19. The first kappa shape index (κ1) is 16.9. The highest BCUT2D eigenvalue weighted by Crippen LogP contribution is 2.31. The van der Waals surface area contributed by atoms with Crippen LogP contribution in [-0.4, -0.2) is 23.1 Å². The molecule has 1 aliphatic carbocycles. The second-order valence-corrected chi connectivity index (χ2v) is 7.21. The van der Waals surface area contributed by atoms with Gasteiger partial charge in [-0.3, -0.25) is 18.3 Å². The quantitative estimate of drug-likeness (QED) is 0.678. The number of hydrogen-bond acceptors (Lipinski definition) is 3. The number of imidazole rings is 2. The largest absolute Gasteiger partial charge is 0.332 e. The van der Waals surface area contributed by atoms with Crippen LogP contribution < -0.4 is 11.2 Å². The lowest BCUT2D eigenvalue weighted by Crippen LogP contribution is -2.39. The molecule has 4 rings (SSSR count). The Hall–Kier alpha value is -2.57. The SMILES string of the molecule is CC=CCn1c(=O)c2c(nc3n(C4CCCCC4)c(C)cn23)n(C)c1=O. The molecular formula is C19H25N5O2. The molecule has 3 aromatic heterocycles. The minimum absolute atomic E-state index is 0.271. The lowest BCUT2D eigenvalue weighted by molar-refractivity contribution is 0.355. The molecule has 138 valence electrons. The van der Waals surface area contributed by atoms with Crippen molar-refractivity contribution in [2.45, 2.75) is 58.5 Å². The normalized spacial score (nSPS) is 16.4. The van der Waals surface area contributed by atoms with Crippen molar-refractivity contribution in [3.05, 3.63) is 44.9 Å². The van der Waals surface area contributed by atoms with Gasteiger partial charge in [-0.25, -0.2) is 4.79 Å². The van der Waals surface area contributed by atoms with Gasteiger partial charge in [0.05, 0.1) is 0 Å². The van der Waals surface area contributed by atoms with Gasteiger partial charge in [0.1, 0.15) is 0 Å². The Morgan fingerprint density at radius 1 is 1.23 bits per heavy atom. The van der Waals surface area contributed by atoms with Gasteiger partial charge >= 0.3 is 5.69 Å². The van der Waals surface area contributed by atoms with Crippen LogP contribution in [0.3, 0.4) is 0 Å². The summed E-state index contributed by atoms with van der Waals surface area (Å²) in [5, 5.41) is 0. The maximum Gasteiger partial charge on any atom is 0.332 e. The van der Waals surface area contributed by atoms with Gasteiger partial charge in [-0.05, 0) is 26.7 Å². The molecule has 0 aromatic carbocycles. The summed E-state index contributed by atoms with van der Waals surface area (Å²) in [6, 6.07) is 0.417. The van der Waals surface area contributed by atoms with E-state index < -0.39 is 0 Å². The first-order valence-corrected chi connectivity index (χ1v) is 9.35. The van der Waals surface area contributed by atoms with E-state index in [4.69, 9.17) is 4.98 Å². The van der Waals surface area contributed by atoms with E-state index in [1.54, 1.807) is 7.05 Å². The molecule has 3 heterocycles. The molecule has 0 aliphatic heterocycles. The lowest BCUT2D eigenvalue weighted by atomic mass is 9.95. The summed E-state index contributed by atoms with van der Waals surface area (Å²) in [6.07, 6.45) is 11.6. The summed E-state index contributed by atoms with van der Waals surface area (Å²) in [4.78, 5) is 30.3. The highest BCUT2D eigenvalue weighted by molar-refractivity contribution is 5.75. The van der Waals surface area contributed by atoms with Gasteiger partial charge in [0.2, 0.25) is 5.78 Å². The van der Waals surface area contributed by atoms with E-state index in [1.807, 2.05) is 29.7 Å². The summed E-state index contributed by atoms with van der Waals surface area (Å²) >= 11 is 0. The van der Waals surface area contributed by atoms with Gasteiger partial charge in [-0.15, -0.1) is 0 Å². The van der Waals surface area contributed by atoms with Crippen LogP contribution in [0.1, 0.15) is 50.8 Å². The molecule has 0 N–H and O–H groups in total. The van der Waals surface area contributed by atoms with E-state index in [0.717, 1.165) is 24.3 Å². The van der Waals surface area contributed by atoms with Crippen LogP contribution in [0.15, 0.2) is 27.9 Å². The molecule has 1 aliphatic rings. The Labute approximate surface area is 151 Å². The molecule has 0 bridgehead atoms. The summed E-state index contributed by atoms with van der Waals surface area (Å²) in [7, 11) is 1.68. The fourth-order valence-electron chi connectivity index (χ4n) is 4.19. The van der Waals surface area contributed by atoms with E-state index in [2.05, 4.69) is 11.5 Å². The lowest BCUT2D eigenvalue weighted by Gasteiger charge is -2.24. The highest BCUT2D eigenvalue weighted by Gasteiger charge is 2.24. The van der Waals surface area contributed by atoms with Gasteiger partial charge in [-0.2, -0.15) is 4.98 Å². The third-order valence-corrected chi connectivity index (χ3v) is 5.53. The minimum Gasteiger partial charge on any atom is -0.311 e. The highest BCUT2D eigenvalue weighted by atomic mass is 16.2. The van der Waals surface area contributed by atoms with Crippen LogP contribution in [-0.2, 0) is 13.6 Å². The van der Waals surface area contributed by atoms with Crippen LogP contribution in [0.2, 0.25) is 0 Å². The predicted octanol–water partition coefficient (Wildman–Crippen LogP) is 2.54. The minimum atomic E-state index is -0.331. The third-order valence-electron chi connectivity index (χ3n) is 5.53. The fraction of sp³-hybridized carbons (Fsp3) is 0.526. The topological polar surface area (TPSA) is 66.2 Å². The zero-order valence-corrected chi connectivity index (χ0v) is 15.6. The van der Waals surface area contributed by atoms with Crippen molar-refractivity contribution in [2.24, 2.45) is 7.05 Å². The van der Waals surface area contributed by atoms with Gasteiger partial charge < -0.3 is 4.57 Å².